The Kier molecular flexibility index (Phi) is 7.17. The average molecular weight is 406 g/mol. The van der Waals surface area contributed by atoms with Crippen LogP contribution in [0.3, 0.4) is 0 Å². The van der Waals surface area contributed by atoms with Crippen LogP contribution < -0.4 is 15.5 Å². The van der Waals surface area contributed by atoms with E-state index in [-0.39, 0.29) is 18.2 Å². The van der Waals surface area contributed by atoms with E-state index in [1.807, 2.05) is 37.3 Å². The number of rotatable bonds is 5. The van der Waals surface area contributed by atoms with Crippen LogP contribution in [-0.4, -0.2) is 61.1 Å². The molecule has 0 atom stereocenters. The molecule has 3 rings (SSSR count). The van der Waals surface area contributed by atoms with Gasteiger partial charge >= 0.3 is 0 Å². The van der Waals surface area contributed by atoms with Gasteiger partial charge < -0.3 is 25.5 Å². The molecule has 0 spiro atoms. The summed E-state index contributed by atoms with van der Waals surface area (Å²) in [6, 6.07) is 14.5. The Bertz CT molecular complexity index is 943. The van der Waals surface area contributed by atoms with E-state index < -0.39 is 0 Å². The molecule has 0 radical (unpaired) electrons. The first kappa shape index (κ1) is 21.1. The highest BCUT2D eigenvalue weighted by molar-refractivity contribution is 5.94. The van der Waals surface area contributed by atoms with Crippen LogP contribution in [0.5, 0.6) is 5.75 Å². The van der Waals surface area contributed by atoms with Crippen molar-refractivity contribution in [2.24, 2.45) is 4.99 Å². The first-order chi connectivity index (χ1) is 14.6. The minimum atomic E-state index is -0.201. The summed E-state index contributed by atoms with van der Waals surface area (Å²) >= 11 is 0. The van der Waals surface area contributed by atoms with Gasteiger partial charge in [-0.1, -0.05) is 24.1 Å². The Hall–Kier alpha value is -3.66. The number of terminal acetylenes is 1. The maximum Gasteiger partial charge on any atom is 0.246 e. The van der Waals surface area contributed by atoms with Gasteiger partial charge in [-0.3, -0.25) is 4.79 Å². The number of phenolic OH excluding ortho intramolecular Hbond substituents is 1. The third-order valence-electron chi connectivity index (χ3n) is 4.82. The van der Waals surface area contributed by atoms with Crippen molar-refractivity contribution in [3.05, 3.63) is 54.1 Å². The lowest BCUT2D eigenvalue weighted by atomic mass is 10.2. The molecule has 0 saturated carbocycles. The van der Waals surface area contributed by atoms with E-state index in [2.05, 4.69) is 31.3 Å². The van der Waals surface area contributed by atoms with E-state index in [4.69, 9.17) is 6.42 Å². The molecule has 7 nitrogen and oxygen atoms in total. The third kappa shape index (κ3) is 5.45. The number of aliphatic imine (C=N–C) groups is 1. The molecule has 1 amide bonds. The van der Waals surface area contributed by atoms with Gasteiger partial charge in [0.1, 0.15) is 12.3 Å². The highest BCUT2D eigenvalue weighted by Crippen LogP contribution is 2.27. The highest BCUT2D eigenvalue weighted by atomic mass is 16.3. The minimum Gasteiger partial charge on any atom is -0.506 e. The van der Waals surface area contributed by atoms with E-state index in [9.17, 15) is 9.90 Å². The molecular formula is C23H27N5O2. The lowest BCUT2D eigenvalue weighted by Crippen LogP contribution is -2.52. The molecule has 1 heterocycles. The molecule has 0 aliphatic carbocycles. The molecule has 30 heavy (non-hydrogen) atoms. The van der Waals surface area contributed by atoms with Gasteiger partial charge in [-0.2, -0.15) is 0 Å². The number of aromatic hydroxyl groups is 1. The molecule has 156 valence electrons. The van der Waals surface area contributed by atoms with E-state index in [0.29, 0.717) is 23.8 Å². The quantitative estimate of drug-likeness (QED) is 0.403. The number of nitrogens with one attached hydrogen (secondary N) is 2. The number of piperazine rings is 1. The number of hydrogen-bond donors (Lipinski definition) is 3. The monoisotopic (exact) mass is 405 g/mol. The van der Waals surface area contributed by atoms with Gasteiger partial charge in [0.2, 0.25) is 5.91 Å². The van der Waals surface area contributed by atoms with Crippen molar-refractivity contribution in [3.63, 3.8) is 0 Å². The van der Waals surface area contributed by atoms with Crippen LogP contribution in [0.1, 0.15) is 12.5 Å². The molecule has 0 unspecified atom stereocenters. The average Bonchev–Trinajstić information content (AvgIpc) is 2.77. The summed E-state index contributed by atoms with van der Waals surface area (Å²) in [4.78, 5) is 21.1. The van der Waals surface area contributed by atoms with E-state index in [1.54, 1.807) is 18.2 Å². The third-order valence-corrected chi connectivity index (χ3v) is 4.82. The highest BCUT2D eigenvalue weighted by Gasteiger charge is 2.21. The van der Waals surface area contributed by atoms with Gasteiger partial charge in [-0.25, -0.2) is 4.99 Å². The Balaban J connectivity index is 1.58. The predicted octanol–water partition coefficient (Wildman–Crippen LogP) is 2.10. The fourth-order valence-electron chi connectivity index (χ4n) is 3.35. The van der Waals surface area contributed by atoms with Crippen molar-refractivity contribution < 1.29 is 9.90 Å². The molecule has 1 aliphatic rings. The Morgan fingerprint density at radius 3 is 2.63 bits per heavy atom. The number of hydrogen-bond acceptors (Lipinski definition) is 4. The first-order valence-electron chi connectivity index (χ1n) is 10.0. The maximum absolute atomic E-state index is 12.3. The van der Waals surface area contributed by atoms with Gasteiger partial charge in [0.25, 0.3) is 0 Å². The van der Waals surface area contributed by atoms with Gasteiger partial charge in [0.15, 0.2) is 5.96 Å². The number of para-hydroxylation sites is 2. The van der Waals surface area contributed by atoms with Gasteiger partial charge in [0.05, 0.1) is 5.69 Å². The fraction of sp³-hybridized carbons (Fsp3) is 0.304. The zero-order valence-electron chi connectivity index (χ0n) is 17.1. The van der Waals surface area contributed by atoms with Crippen molar-refractivity contribution in [2.75, 3.05) is 49.5 Å². The molecule has 7 heteroatoms. The minimum absolute atomic E-state index is 0.0162. The lowest BCUT2D eigenvalue weighted by molar-refractivity contribution is -0.114. The SMILES string of the molecule is C#Cc1cccc(NC(=O)CN=C(NCC)N2CCN(c3ccccc3O)CC2)c1. The van der Waals surface area contributed by atoms with Crippen LogP contribution in [-0.2, 0) is 4.79 Å². The second-order valence-corrected chi connectivity index (χ2v) is 6.91. The number of amides is 1. The summed E-state index contributed by atoms with van der Waals surface area (Å²) in [6.07, 6.45) is 5.40. The van der Waals surface area contributed by atoms with E-state index in [1.165, 1.54) is 0 Å². The summed E-state index contributed by atoms with van der Waals surface area (Å²) in [7, 11) is 0. The normalized spacial score (nSPS) is 14.2. The molecule has 1 fully saturated rings. The van der Waals surface area contributed by atoms with E-state index in [0.717, 1.165) is 31.9 Å². The van der Waals surface area contributed by atoms with Crippen LogP contribution in [0.2, 0.25) is 0 Å². The summed E-state index contributed by atoms with van der Waals surface area (Å²) < 4.78 is 0. The summed E-state index contributed by atoms with van der Waals surface area (Å²) in [5, 5.41) is 16.2. The van der Waals surface area contributed by atoms with Gasteiger partial charge in [-0.15, -0.1) is 6.42 Å². The van der Waals surface area contributed by atoms with Crippen LogP contribution in [0.25, 0.3) is 0 Å². The Morgan fingerprint density at radius 1 is 1.17 bits per heavy atom. The molecule has 0 bridgehead atoms. The maximum atomic E-state index is 12.3. The lowest BCUT2D eigenvalue weighted by Gasteiger charge is -2.37. The Labute approximate surface area is 177 Å². The second-order valence-electron chi connectivity index (χ2n) is 6.91. The number of nitrogens with zero attached hydrogens (tertiary/aromatic N) is 3. The van der Waals surface area contributed by atoms with Crippen LogP contribution in [0.15, 0.2) is 53.5 Å². The molecule has 2 aromatic carbocycles. The number of carbonyl (C=O) groups is 1. The predicted molar refractivity (Wildman–Crippen MR) is 121 cm³/mol. The van der Waals surface area contributed by atoms with Crippen LogP contribution in [0.4, 0.5) is 11.4 Å². The van der Waals surface area contributed by atoms with Crippen LogP contribution in [0, 0.1) is 12.3 Å². The first-order valence-corrected chi connectivity index (χ1v) is 10.0. The van der Waals surface area contributed by atoms with Crippen molar-refractivity contribution in [1.29, 1.82) is 0 Å². The number of phenols is 1. The topological polar surface area (TPSA) is 80.2 Å². The number of carbonyl (C=O) groups excluding carboxylic acids is 1. The summed E-state index contributed by atoms with van der Waals surface area (Å²) in [5.41, 5.74) is 2.21. The standard InChI is InChI=1S/C23H27N5O2/c1-3-18-8-7-9-19(16-18)26-22(30)17-25-23(24-4-2)28-14-12-27(13-15-28)20-10-5-6-11-21(20)29/h1,5-11,16,29H,4,12-15,17H2,2H3,(H,24,25)(H,26,30). The van der Waals surface area contributed by atoms with Crippen molar-refractivity contribution >= 4 is 23.2 Å². The summed E-state index contributed by atoms with van der Waals surface area (Å²) in [6.45, 7) is 5.73. The van der Waals surface area contributed by atoms with Crippen molar-refractivity contribution in [2.45, 2.75) is 6.92 Å². The summed E-state index contributed by atoms with van der Waals surface area (Å²) in [5.74, 6) is 3.35. The van der Waals surface area contributed by atoms with Crippen molar-refractivity contribution in [3.8, 4) is 18.1 Å². The smallest absolute Gasteiger partial charge is 0.246 e. The van der Waals surface area contributed by atoms with Gasteiger partial charge in [0, 0.05) is 44.0 Å². The van der Waals surface area contributed by atoms with E-state index >= 15 is 0 Å². The number of guanidine groups is 1. The molecule has 1 saturated heterocycles. The molecule has 0 aromatic heterocycles. The van der Waals surface area contributed by atoms with Gasteiger partial charge in [-0.05, 0) is 37.3 Å². The number of anilines is 2. The largest absolute Gasteiger partial charge is 0.506 e. The zero-order valence-corrected chi connectivity index (χ0v) is 17.1. The van der Waals surface area contributed by atoms with Crippen molar-refractivity contribution in [1.82, 2.24) is 10.2 Å². The zero-order chi connectivity index (χ0) is 21.3. The molecular weight excluding hydrogens is 378 g/mol. The van der Waals surface area contributed by atoms with Crippen LogP contribution >= 0.6 is 0 Å². The fourth-order valence-corrected chi connectivity index (χ4v) is 3.35. The molecule has 1 aliphatic heterocycles. The number of benzene rings is 2. The second kappa shape index (κ2) is 10.2. The molecule has 3 N–H and O–H groups in total. The Morgan fingerprint density at radius 2 is 1.93 bits per heavy atom. The molecule has 2 aromatic rings.